The molecule has 1 unspecified atom stereocenters. The maximum absolute atomic E-state index is 13.2. The number of thioether (sulfide) groups is 1. The minimum absolute atomic E-state index is 0.200. The zero-order chi connectivity index (χ0) is 22.7. The molecule has 0 spiro atoms. The SMILES string of the molecule is COc1cccc(-n2nnc(C(=O)N3CSCC3C(=O)Nc3ccc(C#N)cc3)c2C)c1. The summed E-state index contributed by atoms with van der Waals surface area (Å²) >= 11 is 1.50. The van der Waals surface area contributed by atoms with E-state index < -0.39 is 6.04 Å². The van der Waals surface area contributed by atoms with E-state index in [1.54, 1.807) is 49.0 Å². The first-order chi connectivity index (χ1) is 15.5. The van der Waals surface area contributed by atoms with Gasteiger partial charge in [-0.05, 0) is 43.3 Å². The highest BCUT2D eigenvalue weighted by molar-refractivity contribution is 7.99. The average molecular weight is 449 g/mol. The van der Waals surface area contributed by atoms with Crippen molar-refractivity contribution in [2.75, 3.05) is 24.1 Å². The van der Waals surface area contributed by atoms with E-state index in [0.717, 1.165) is 5.69 Å². The van der Waals surface area contributed by atoms with Gasteiger partial charge in [-0.2, -0.15) is 5.26 Å². The summed E-state index contributed by atoms with van der Waals surface area (Å²) in [6.45, 7) is 1.77. The van der Waals surface area contributed by atoms with Crippen molar-refractivity contribution in [1.82, 2.24) is 19.9 Å². The van der Waals surface area contributed by atoms with Gasteiger partial charge in [0.2, 0.25) is 5.91 Å². The largest absolute Gasteiger partial charge is 0.497 e. The summed E-state index contributed by atoms with van der Waals surface area (Å²) in [5.74, 6) is 0.903. The minimum Gasteiger partial charge on any atom is -0.497 e. The third-order valence-corrected chi connectivity index (χ3v) is 6.13. The van der Waals surface area contributed by atoms with Gasteiger partial charge in [-0.15, -0.1) is 16.9 Å². The number of carbonyl (C=O) groups excluding carboxylic acids is 2. The molecule has 1 aliphatic rings. The van der Waals surface area contributed by atoms with E-state index in [1.807, 2.05) is 24.3 Å². The standard InChI is InChI=1S/C22H20N6O3S/c1-14-20(25-26-28(14)17-4-3-5-18(10-17)31-2)22(30)27-13-32-12-19(27)21(29)24-16-8-6-15(11-23)7-9-16/h3-10,19H,12-13H2,1-2H3,(H,24,29). The fourth-order valence-electron chi connectivity index (χ4n) is 3.36. The number of benzene rings is 2. The average Bonchev–Trinajstić information content (AvgIpc) is 3.46. The molecule has 1 atom stereocenters. The van der Waals surface area contributed by atoms with Crippen LogP contribution in [-0.2, 0) is 4.79 Å². The van der Waals surface area contributed by atoms with Crippen LogP contribution < -0.4 is 10.1 Å². The molecular formula is C22H20N6O3S. The van der Waals surface area contributed by atoms with E-state index >= 15 is 0 Å². The lowest BCUT2D eigenvalue weighted by molar-refractivity contribution is -0.119. The molecule has 1 saturated heterocycles. The van der Waals surface area contributed by atoms with Gasteiger partial charge in [-0.25, -0.2) is 4.68 Å². The molecule has 32 heavy (non-hydrogen) atoms. The van der Waals surface area contributed by atoms with Crippen molar-refractivity contribution >= 4 is 29.3 Å². The van der Waals surface area contributed by atoms with Gasteiger partial charge in [0.1, 0.15) is 11.8 Å². The molecule has 1 aromatic heterocycles. The highest BCUT2D eigenvalue weighted by Crippen LogP contribution is 2.26. The van der Waals surface area contributed by atoms with Crippen molar-refractivity contribution in [2.24, 2.45) is 0 Å². The van der Waals surface area contributed by atoms with E-state index in [4.69, 9.17) is 10.00 Å². The molecule has 0 aliphatic carbocycles. The molecule has 0 bridgehead atoms. The van der Waals surface area contributed by atoms with Crippen LogP contribution in [0.2, 0.25) is 0 Å². The van der Waals surface area contributed by atoms with Gasteiger partial charge >= 0.3 is 0 Å². The van der Waals surface area contributed by atoms with Gasteiger partial charge in [-0.1, -0.05) is 11.3 Å². The number of methoxy groups -OCH3 is 1. The molecule has 2 amide bonds. The van der Waals surface area contributed by atoms with Crippen molar-refractivity contribution in [3.05, 3.63) is 65.5 Å². The molecule has 0 radical (unpaired) electrons. The monoisotopic (exact) mass is 448 g/mol. The lowest BCUT2D eigenvalue weighted by Crippen LogP contribution is -2.44. The summed E-state index contributed by atoms with van der Waals surface area (Å²) < 4.78 is 6.83. The fraction of sp³-hybridized carbons (Fsp3) is 0.227. The van der Waals surface area contributed by atoms with Crippen LogP contribution in [0.5, 0.6) is 5.75 Å². The van der Waals surface area contributed by atoms with Gasteiger partial charge in [0.25, 0.3) is 5.91 Å². The Morgan fingerprint density at radius 3 is 2.75 bits per heavy atom. The summed E-state index contributed by atoms with van der Waals surface area (Å²) in [5, 5.41) is 20.0. The minimum atomic E-state index is -0.635. The second-order valence-corrected chi connectivity index (χ2v) is 8.11. The number of nitrogens with zero attached hydrogens (tertiary/aromatic N) is 5. The van der Waals surface area contributed by atoms with E-state index in [-0.39, 0.29) is 17.5 Å². The Morgan fingerprint density at radius 1 is 1.25 bits per heavy atom. The number of carbonyl (C=O) groups is 2. The predicted octanol–water partition coefficient (Wildman–Crippen LogP) is 2.61. The summed E-state index contributed by atoms with van der Waals surface area (Å²) in [5.41, 5.74) is 2.57. The van der Waals surface area contributed by atoms with E-state index in [9.17, 15) is 9.59 Å². The van der Waals surface area contributed by atoms with Crippen molar-refractivity contribution < 1.29 is 14.3 Å². The van der Waals surface area contributed by atoms with E-state index in [2.05, 4.69) is 15.6 Å². The number of ether oxygens (including phenoxy) is 1. The van der Waals surface area contributed by atoms with Gasteiger partial charge in [0.15, 0.2) is 5.69 Å². The molecule has 1 N–H and O–H groups in total. The van der Waals surface area contributed by atoms with Crippen LogP contribution in [0.25, 0.3) is 5.69 Å². The third kappa shape index (κ3) is 4.15. The Bertz CT molecular complexity index is 1200. The molecule has 2 heterocycles. The predicted molar refractivity (Wildman–Crippen MR) is 120 cm³/mol. The molecule has 1 fully saturated rings. The maximum Gasteiger partial charge on any atom is 0.277 e. The first-order valence-electron chi connectivity index (χ1n) is 9.78. The molecular weight excluding hydrogens is 428 g/mol. The van der Waals surface area contributed by atoms with Gasteiger partial charge < -0.3 is 15.0 Å². The van der Waals surface area contributed by atoms with Crippen LogP contribution in [-0.4, -0.2) is 56.5 Å². The Kier molecular flexibility index (Phi) is 6.09. The maximum atomic E-state index is 13.2. The number of aromatic nitrogens is 3. The number of nitrogens with one attached hydrogen (secondary N) is 1. The normalized spacial score (nSPS) is 15.3. The Balaban J connectivity index is 1.52. The molecule has 9 nitrogen and oxygen atoms in total. The lowest BCUT2D eigenvalue weighted by atomic mass is 10.2. The number of amides is 2. The van der Waals surface area contributed by atoms with Crippen molar-refractivity contribution in [1.29, 1.82) is 5.26 Å². The van der Waals surface area contributed by atoms with E-state index in [1.165, 1.54) is 16.7 Å². The van der Waals surface area contributed by atoms with Gasteiger partial charge in [0.05, 0.1) is 36.0 Å². The molecule has 3 aromatic rings. The number of nitriles is 1. The van der Waals surface area contributed by atoms with Crippen molar-refractivity contribution in [2.45, 2.75) is 13.0 Å². The highest BCUT2D eigenvalue weighted by atomic mass is 32.2. The molecule has 4 rings (SSSR count). The number of hydrogen-bond donors (Lipinski definition) is 1. The second-order valence-electron chi connectivity index (χ2n) is 7.11. The van der Waals surface area contributed by atoms with Crippen LogP contribution >= 0.6 is 11.8 Å². The first-order valence-corrected chi connectivity index (χ1v) is 10.9. The van der Waals surface area contributed by atoms with Gasteiger partial charge in [-0.3, -0.25) is 9.59 Å². The van der Waals surface area contributed by atoms with Crippen molar-refractivity contribution in [3.63, 3.8) is 0 Å². The van der Waals surface area contributed by atoms with Crippen LogP contribution in [0, 0.1) is 18.3 Å². The van der Waals surface area contributed by atoms with Crippen LogP contribution in [0.1, 0.15) is 21.7 Å². The van der Waals surface area contributed by atoms with Crippen LogP contribution in [0.15, 0.2) is 48.5 Å². The number of anilines is 1. The third-order valence-electron chi connectivity index (χ3n) is 5.12. The fourth-order valence-corrected chi connectivity index (χ4v) is 4.52. The Hall–Kier alpha value is -3.84. The zero-order valence-electron chi connectivity index (χ0n) is 17.5. The van der Waals surface area contributed by atoms with Crippen LogP contribution in [0.4, 0.5) is 5.69 Å². The molecule has 162 valence electrons. The van der Waals surface area contributed by atoms with Crippen molar-refractivity contribution in [3.8, 4) is 17.5 Å². The highest BCUT2D eigenvalue weighted by Gasteiger charge is 2.37. The number of rotatable bonds is 5. The molecule has 0 saturated carbocycles. The topological polar surface area (TPSA) is 113 Å². The van der Waals surface area contributed by atoms with Crippen LogP contribution in [0.3, 0.4) is 0 Å². The Labute approximate surface area is 189 Å². The van der Waals surface area contributed by atoms with Gasteiger partial charge in [0, 0.05) is 17.5 Å². The smallest absolute Gasteiger partial charge is 0.277 e. The summed E-state index contributed by atoms with van der Waals surface area (Å²) in [6.07, 6.45) is 0. The second kappa shape index (κ2) is 9.11. The first kappa shape index (κ1) is 21.4. The lowest BCUT2D eigenvalue weighted by Gasteiger charge is -2.22. The molecule has 1 aliphatic heterocycles. The summed E-state index contributed by atoms with van der Waals surface area (Å²) in [6, 6.07) is 15.3. The Morgan fingerprint density at radius 2 is 2.03 bits per heavy atom. The molecule has 2 aromatic carbocycles. The van der Waals surface area contributed by atoms with E-state index in [0.29, 0.717) is 34.3 Å². The summed E-state index contributed by atoms with van der Waals surface area (Å²) in [7, 11) is 1.58. The quantitative estimate of drug-likeness (QED) is 0.638. The molecule has 10 heteroatoms. The number of hydrogen-bond acceptors (Lipinski definition) is 7. The zero-order valence-corrected chi connectivity index (χ0v) is 18.3. The summed E-state index contributed by atoms with van der Waals surface area (Å²) in [4.78, 5) is 27.6.